The van der Waals surface area contributed by atoms with Crippen molar-refractivity contribution in [3.05, 3.63) is 16.1 Å². The van der Waals surface area contributed by atoms with Gasteiger partial charge in [0.1, 0.15) is 0 Å². The highest BCUT2D eigenvalue weighted by atomic mass is 32.1. The van der Waals surface area contributed by atoms with Crippen LogP contribution in [0.5, 0.6) is 0 Å². The largest absolute Gasteiger partial charge is 0.245 e. The molecule has 1 unspecified atom stereocenters. The molecule has 0 amide bonds. The fourth-order valence-electron chi connectivity index (χ4n) is 0.886. The van der Waals surface area contributed by atoms with Gasteiger partial charge in [-0.15, -0.1) is 11.3 Å². The summed E-state index contributed by atoms with van der Waals surface area (Å²) in [6, 6.07) is 2.10. The molecule has 0 spiro atoms. The molecular weight excluding hydrogens is 168 g/mol. The van der Waals surface area contributed by atoms with Crippen molar-refractivity contribution >= 4 is 11.3 Å². The minimum atomic E-state index is 0.437. The molecule has 1 heterocycles. The second-order valence-electron chi connectivity index (χ2n) is 2.82. The van der Waals surface area contributed by atoms with Crippen molar-refractivity contribution < 1.29 is 0 Å². The van der Waals surface area contributed by atoms with Gasteiger partial charge in [0.05, 0.1) is 23.2 Å². The predicted molar refractivity (Wildman–Crippen MR) is 50.1 cm³/mol. The highest BCUT2D eigenvalue weighted by molar-refractivity contribution is 7.09. The maximum absolute atomic E-state index is 8.44. The van der Waals surface area contributed by atoms with Gasteiger partial charge in [-0.2, -0.15) is 5.26 Å². The number of nitriles is 1. The van der Waals surface area contributed by atoms with Gasteiger partial charge < -0.3 is 0 Å². The lowest BCUT2D eigenvalue weighted by Gasteiger charge is -2.01. The van der Waals surface area contributed by atoms with Crippen LogP contribution in [0.2, 0.25) is 0 Å². The number of thiazole rings is 1. The van der Waals surface area contributed by atoms with Crippen molar-refractivity contribution in [2.75, 3.05) is 0 Å². The minimum absolute atomic E-state index is 0.437. The predicted octanol–water partition coefficient (Wildman–Crippen LogP) is 2.72. The van der Waals surface area contributed by atoms with Gasteiger partial charge in [0, 0.05) is 11.3 Å². The summed E-state index contributed by atoms with van der Waals surface area (Å²) >= 11 is 1.66. The summed E-state index contributed by atoms with van der Waals surface area (Å²) in [4.78, 5) is 4.37. The van der Waals surface area contributed by atoms with Gasteiger partial charge in [-0.25, -0.2) is 4.98 Å². The molecule has 12 heavy (non-hydrogen) atoms. The van der Waals surface area contributed by atoms with E-state index in [0.717, 1.165) is 17.1 Å². The van der Waals surface area contributed by atoms with Crippen LogP contribution >= 0.6 is 11.3 Å². The van der Waals surface area contributed by atoms with E-state index < -0.39 is 0 Å². The molecule has 0 aliphatic rings. The highest BCUT2D eigenvalue weighted by Crippen LogP contribution is 2.22. The van der Waals surface area contributed by atoms with E-state index in [9.17, 15) is 0 Å². The Bertz CT molecular complexity index is 285. The molecule has 0 fully saturated rings. The molecular formula is C9H12N2S. The number of aromatic nitrogens is 1. The van der Waals surface area contributed by atoms with Crippen molar-refractivity contribution in [2.45, 2.75) is 32.6 Å². The van der Waals surface area contributed by atoms with Crippen molar-refractivity contribution in [1.82, 2.24) is 4.98 Å². The van der Waals surface area contributed by atoms with Crippen LogP contribution in [0.4, 0.5) is 0 Å². The smallest absolute Gasteiger partial charge is 0.0956 e. The number of rotatable bonds is 3. The van der Waals surface area contributed by atoms with Gasteiger partial charge >= 0.3 is 0 Å². The third-order valence-electron chi connectivity index (χ3n) is 1.86. The summed E-state index contributed by atoms with van der Waals surface area (Å²) in [6.07, 6.45) is 1.55. The summed E-state index contributed by atoms with van der Waals surface area (Å²) in [7, 11) is 0. The van der Waals surface area contributed by atoms with E-state index in [0.29, 0.717) is 12.3 Å². The summed E-state index contributed by atoms with van der Waals surface area (Å²) in [5, 5.41) is 11.6. The Morgan fingerprint density at radius 1 is 1.75 bits per heavy atom. The second-order valence-corrected chi connectivity index (χ2v) is 3.71. The Morgan fingerprint density at radius 2 is 2.50 bits per heavy atom. The normalized spacial score (nSPS) is 12.4. The van der Waals surface area contributed by atoms with E-state index in [1.165, 1.54) is 0 Å². The topological polar surface area (TPSA) is 36.7 Å². The highest BCUT2D eigenvalue weighted by Gasteiger charge is 2.07. The van der Waals surface area contributed by atoms with Crippen LogP contribution in [0.1, 0.15) is 36.9 Å². The zero-order valence-corrected chi connectivity index (χ0v) is 8.19. The summed E-state index contributed by atoms with van der Waals surface area (Å²) in [5.74, 6) is 0.530. The standard InChI is InChI=1S/C9H12N2S/c1-3-7(2)9-11-8(4-5-10)6-12-9/h6-7H,3-4H2,1-2H3. The molecule has 0 radical (unpaired) electrons. The van der Waals surface area contributed by atoms with Gasteiger partial charge in [0.15, 0.2) is 0 Å². The van der Waals surface area contributed by atoms with Crippen LogP contribution < -0.4 is 0 Å². The third kappa shape index (κ3) is 2.05. The van der Waals surface area contributed by atoms with Gasteiger partial charge in [-0.1, -0.05) is 13.8 Å². The molecule has 0 aliphatic heterocycles. The molecule has 1 rings (SSSR count). The molecule has 0 bridgehead atoms. The van der Waals surface area contributed by atoms with Crippen molar-refractivity contribution in [3.63, 3.8) is 0 Å². The lowest BCUT2D eigenvalue weighted by molar-refractivity contribution is 0.723. The average Bonchev–Trinajstić information content (AvgIpc) is 2.52. The first kappa shape index (κ1) is 9.21. The monoisotopic (exact) mass is 180 g/mol. The SMILES string of the molecule is CCC(C)c1nc(CC#N)cs1. The number of hydrogen-bond donors (Lipinski definition) is 0. The quantitative estimate of drug-likeness (QED) is 0.717. The molecule has 1 aromatic rings. The van der Waals surface area contributed by atoms with Crippen LogP contribution in [0.25, 0.3) is 0 Å². The fourth-order valence-corrected chi connectivity index (χ4v) is 1.85. The maximum Gasteiger partial charge on any atom is 0.0956 e. The minimum Gasteiger partial charge on any atom is -0.245 e. The molecule has 1 aromatic heterocycles. The zero-order valence-electron chi connectivity index (χ0n) is 7.37. The van der Waals surface area contributed by atoms with E-state index in [2.05, 4.69) is 24.9 Å². The molecule has 0 N–H and O–H groups in total. The van der Waals surface area contributed by atoms with E-state index in [-0.39, 0.29) is 0 Å². The number of hydrogen-bond acceptors (Lipinski definition) is 3. The Morgan fingerprint density at radius 3 is 3.08 bits per heavy atom. The molecule has 0 saturated heterocycles. The van der Waals surface area contributed by atoms with Gasteiger partial charge in [0.2, 0.25) is 0 Å². The van der Waals surface area contributed by atoms with Crippen LogP contribution in [0.3, 0.4) is 0 Å². The molecule has 0 saturated carbocycles. The molecule has 2 nitrogen and oxygen atoms in total. The zero-order chi connectivity index (χ0) is 8.97. The second kappa shape index (κ2) is 4.22. The van der Waals surface area contributed by atoms with Gasteiger partial charge in [0.25, 0.3) is 0 Å². The van der Waals surface area contributed by atoms with Crippen LogP contribution in [-0.4, -0.2) is 4.98 Å². The van der Waals surface area contributed by atoms with E-state index in [1.807, 2.05) is 5.38 Å². The van der Waals surface area contributed by atoms with Crippen molar-refractivity contribution in [2.24, 2.45) is 0 Å². The first-order chi connectivity index (χ1) is 5.77. The Hall–Kier alpha value is -0.880. The van der Waals surface area contributed by atoms with Gasteiger partial charge in [-0.05, 0) is 6.42 Å². The van der Waals surface area contributed by atoms with Crippen LogP contribution in [0, 0.1) is 11.3 Å². The lowest BCUT2D eigenvalue weighted by atomic mass is 10.1. The van der Waals surface area contributed by atoms with Crippen molar-refractivity contribution in [3.8, 4) is 6.07 Å². The molecule has 0 aromatic carbocycles. The fraction of sp³-hybridized carbons (Fsp3) is 0.556. The van der Waals surface area contributed by atoms with Crippen LogP contribution in [0.15, 0.2) is 5.38 Å². The first-order valence-corrected chi connectivity index (χ1v) is 4.97. The lowest BCUT2D eigenvalue weighted by Crippen LogP contribution is -1.90. The summed E-state index contributed by atoms with van der Waals surface area (Å²) < 4.78 is 0. The molecule has 0 aliphatic carbocycles. The Balaban J connectivity index is 2.71. The van der Waals surface area contributed by atoms with E-state index >= 15 is 0 Å². The Kier molecular flexibility index (Phi) is 3.24. The summed E-state index contributed by atoms with van der Waals surface area (Å²) in [5.41, 5.74) is 0.915. The van der Waals surface area contributed by atoms with Crippen LogP contribution in [-0.2, 0) is 6.42 Å². The molecule has 1 atom stereocenters. The Labute approximate surface area is 76.9 Å². The molecule has 64 valence electrons. The third-order valence-corrected chi connectivity index (χ3v) is 2.99. The maximum atomic E-state index is 8.44. The average molecular weight is 180 g/mol. The van der Waals surface area contributed by atoms with Gasteiger partial charge in [-0.3, -0.25) is 0 Å². The first-order valence-electron chi connectivity index (χ1n) is 4.09. The molecule has 3 heteroatoms. The summed E-state index contributed by atoms with van der Waals surface area (Å²) in [6.45, 7) is 4.31. The number of nitrogens with zero attached hydrogens (tertiary/aromatic N) is 2. The van der Waals surface area contributed by atoms with E-state index in [4.69, 9.17) is 5.26 Å². The van der Waals surface area contributed by atoms with Crippen molar-refractivity contribution in [1.29, 1.82) is 5.26 Å². The van der Waals surface area contributed by atoms with E-state index in [1.54, 1.807) is 11.3 Å².